The number of aryl methyl sites for hydroxylation is 1. The molecule has 1 amide bonds. The van der Waals surface area contributed by atoms with Gasteiger partial charge in [-0.1, -0.05) is 18.2 Å². The Morgan fingerprint density at radius 1 is 1.03 bits per heavy atom. The van der Waals surface area contributed by atoms with Gasteiger partial charge in [0.1, 0.15) is 0 Å². The molecule has 2 N–H and O–H groups in total. The van der Waals surface area contributed by atoms with Crippen LogP contribution in [0.15, 0.2) is 70.5 Å². The molecule has 3 rings (SSSR count). The van der Waals surface area contributed by atoms with Gasteiger partial charge < -0.3 is 9.88 Å². The van der Waals surface area contributed by atoms with E-state index in [1.54, 1.807) is 54.9 Å². The number of aromatic nitrogens is 1. The topological polar surface area (TPSA) is 97.3 Å². The third-order valence-corrected chi connectivity index (χ3v) is 6.44. The van der Waals surface area contributed by atoms with Crippen molar-refractivity contribution in [2.45, 2.75) is 25.3 Å². The fourth-order valence-corrected chi connectivity index (χ4v) is 4.10. The van der Waals surface area contributed by atoms with Gasteiger partial charge in [-0.2, -0.15) is 0 Å². The second kappa shape index (κ2) is 8.64. The number of hydrogen-bond acceptors (Lipinski definition) is 4. The molecule has 8 heteroatoms. The van der Waals surface area contributed by atoms with Gasteiger partial charge in [-0.3, -0.25) is 9.59 Å². The van der Waals surface area contributed by atoms with Gasteiger partial charge in [0.05, 0.1) is 11.4 Å². The van der Waals surface area contributed by atoms with Crippen molar-refractivity contribution in [2.75, 3.05) is 12.4 Å². The average molecular weight is 426 g/mol. The third kappa shape index (κ3) is 4.67. The molecule has 0 unspecified atom stereocenters. The highest BCUT2D eigenvalue weighted by Crippen LogP contribution is 2.22. The van der Waals surface area contributed by atoms with E-state index in [-0.39, 0.29) is 16.0 Å². The Bertz CT molecular complexity index is 1250. The Morgan fingerprint density at radius 2 is 1.73 bits per heavy atom. The van der Waals surface area contributed by atoms with E-state index in [1.807, 2.05) is 12.1 Å². The van der Waals surface area contributed by atoms with Crippen LogP contribution in [0.1, 0.15) is 27.0 Å². The molecule has 156 valence electrons. The van der Waals surface area contributed by atoms with Crippen molar-refractivity contribution >= 4 is 21.6 Å². The first-order chi connectivity index (χ1) is 14.2. The van der Waals surface area contributed by atoms with Crippen molar-refractivity contribution in [3.63, 3.8) is 0 Å². The van der Waals surface area contributed by atoms with Crippen molar-refractivity contribution in [1.82, 2.24) is 9.29 Å². The zero-order valence-electron chi connectivity index (χ0n) is 17.0. The van der Waals surface area contributed by atoms with Crippen LogP contribution in [0.4, 0.5) is 5.69 Å². The predicted molar refractivity (Wildman–Crippen MR) is 116 cm³/mol. The van der Waals surface area contributed by atoms with Gasteiger partial charge in [-0.25, -0.2) is 13.1 Å². The smallest absolute Gasteiger partial charge is 0.255 e. The summed E-state index contributed by atoms with van der Waals surface area (Å²) in [5.74, 6) is -0.405. The minimum atomic E-state index is -3.68. The lowest BCUT2D eigenvalue weighted by molar-refractivity contribution is 0.102. The summed E-state index contributed by atoms with van der Waals surface area (Å²) in [4.78, 5) is 24.6. The van der Waals surface area contributed by atoms with Gasteiger partial charge in [-0.15, -0.1) is 0 Å². The van der Waals surface area contributed by atoms with E-state index in [1.165, 1.54) is 19.2 Å². The highest BCUT2D eigenvalue weighted by atomic mass is 32.2. The van der Waals surface area contributed by atoms with E-state index in [0.29, 0.717) is 23.4 Å². The molecule has 2 aromatic carbocycles. The van der Waals surface area contributed by atoms with Crippen molar-refractivity contribution in [1.29, 1.82) is 0 Å². The highest BCUT2D eigenvalue weighted by Gasteiger charge is 2.19. The second-order valence-corrected chi connectivity index (χ2v) is 8.80. The molecule has 0 aliphatic heterocycles. The van der Waals surface area contributed by atoms with Crippen LogP contribution in [-0.2, 0) is 16.6 Å². The quantitative estimate of drug-likeness (QED) is 0.635. The third-order valence-electron chi connectivity index (χ3n) is 4.90. The van der Waals surface area contributed by atoms with Gasteiger partial charge >= 0.3 is 0 Å². The molecular weight excluding hydrogens is 402 g/mol. The number of rotatable bonds is 6. The highest BCUT2D eigenvalue weighted by molar-refractivity contribution is 7.89. The predicted octanol–water partition coefficient (Wildman–Crippen LogP) is 2.67. The summed E-state index contributed by atoms with van der Waals surface area (Å²) in [6.07, 6.45) is 1.72. The molecule has 0 spiro atoms. The lowest BCUT2D eigenvalue weighted by Gasteiger charge is -2.13. The van der Waals surface area contributed by atoms with Gasteiger partial charge in [0.2, 0.25) is 10.0 Å². The SMILES string of the molecule is CNS(=O)(=O)c1cc(C(=O)Nc2ccc(Cn3ccccc3=O)cc2)cc(C)c1C. The first kappa shape index (κ1) is 21.5. The molecule has 0 bridgehead atoms. The normalized spacial score (nSPS) is 11.3. The lowest BCUT2D eigenvalue weighted by atomic mass is 10.1. The Labute approximate surface area is 175 Å². The summed E-state index contributed by atoms with van der Waals surface area (Å²) in [5.41, 5.74) is 2.96. The molecule has 1 heterocycles. The number of nitrogens with one attached hydrogen (secondary N) is 2. The van der Waals surface area contributed by atoms with Crippen molar-refractivity contribution in [3.8, 4) is 0 Å². The molecular formula is C22H23N3O4S. The standard InChI is InChI=1S/C22H23N3O4S/c1-15-12-18(13-20(16(15)2)30(28,29)23-3)22(27)24-19-9-7-17(8-10-19)14-25-11-5-4-6-21(25)26/h4-13,23H,14H2,1-3H3,(H,24,27). The van der Waals surface area contributed by atoms with Crippen LogP contribution >= 0.6 is 0 Å². The van der Waals surface area contributed by atoms with Crippen LogP contribution in [-0.4, -0.2) is 25.9 Å². The number of sulfonamides is 1. The summed E-state index contributed by atoms with van der Waals surface area (Å²) in [7, 11) is -2.34. The second-order valence-electron chi connectivity index (χ2n) is 6.94. The van der Waals surface area contributed by atoms with Crippen molar-refractivity contribution < 1.29 is 13.2 Å². The monoisotopic (exact) mass is 425 g/mol. The number of hydrogen-bond donors (Lipinski definition) is 2. The Hall–Kier alpha value is -3.23. The summed E-state index contributed by atoms with van der Waals surface area (Å²) >= 11 is 0. The van der Waals surface area contributed by atoms with E-state index in [9.17, 15) is 18.0 Å². The van der Waals surface area contributed by atoms with Crippen LogP contribution in [0.25, 0.3) is 0 Å². The molecule has 3 aromatic rings. The Kier molecular flexibility index (Phi) is 6.19. The number of anilines is 1. The molecule has 0 aliphatic carbocycles. The zero-order chi connectivity index (χ0) is 21.9. The van der Waals surface area contributed by atoms with Crippen molar-refractivity contribution in [3.05, 3.63) is 93.4 Å². The van der Waals surface area contributed by atoms with E-state index < -0.39 is 15.9 Å². The fraction of sp³-hybridized carbons (Fsp3) is 0.182. The van der Waals surface area contributed by atoms with E-state index in [4.69, 9.17) is 0 Å². The fourth-order valence-electron chi connectivity index (χ4n) is 3.03. The molecule has 0 aliphatic rings. The molecule has 0 atom stereocenters. The van der Waals surface area contributed by atoms with Crippen LogP contribution < -0.4 is 15.6 Å². The van der Waals surface area contributed by atoms with E-state index in [0.717, 1.165) is 5.56 Å². The first-order valence-electron chi connectivity index (χ1n) is 9.32. The molecule has 0 saturated heterocycles. The number of carbonyl (C=O) groups is 1. The maximum atomic E-state index is 12.7. The summed E-state index contributed by atoms with van der Waals surface area (Å²) in [6, 6.07) is 15.2. The Balaban J connectivity index is 1.80. The summed E-state index contributed by atoms with van der Waals surface area (Å²) in [5, 5.41) is 2.78. The number of benzene rings is 2. The zero-order valence-corrected chi connectivity index (χ0v) is 17.8. The summed E-state index contributed by atoms with van der Waals surface area (Å²) < 4.78 is 28.4. The maximum absolute atomic E-state index is 12.7. The molecule has 0 saturated carbocycles. The Morgan fingerprint density at radius 3 is 2.37 bits per heavy atom. The molecule has 0 fully saturated rings. The van der Waals surface area contributed by atoms with Crippen LogP contribution in [0.5, 0.6) is 0 Å². The number of carbonyl (C=O) groups excluding carboxylic acids is 1. The van der Waals surface area contributed by atoms with Gasteiger partial charge in [0.15, 0.2) is 0 Å². The molecule has 7 nitrogen and oxygen atoms in total. The molecule has 30 heavy (non-hydrogen) atoms. The summed E-state index contributed by atoms with van der Waals surface area (Å²) in [6.45, 7) is 3.90. The minimum absolute atomic E-state index is 0.0822. The van der Waals surface area contributed by atoms with Crippen molar-refractivity contribution in [2.24, 2.45) is 0 Å². The number of nitrogens with zero attached hydrogens (tertiary/aromatic N) is 1. The van der Waals surface area contributed by atoms with Crippen LogP contribution in [0.3, 0.4) is 0 Å². The number of pyridine rings is 1. The van der Waals surface area contributed by atoms with Crippen LogP contribution in [0.2, 0.25) is 0 Å². The number of amides is 1. The average Bonchev–Trinajstić information content (AvgIpc) is 2.72. The largest absolute Gasteiger partial charge is 0.322 e. The lowest BCUT2D eigenvalue weighted by Crippen LogP contribution is -2.21. The van der Waals surface area contributed by atoms with E-state index in [2.05, 4.69) is 10.0 Å². The van der Waals surface area contributed by atoms with Gasteiger partial charge in [0, 0.05) is 23.5 Å². The van der Waals surface area contributed by atoms with Crippen LogP contribution in [0, 0.1) is 13.8 Å². The first-order valence-corrected chi connectivity index (χ1v) is 10.8. The van der Waals surface area contributed by atoms with E-state index >= 15 is 0 Å². The van der Waals surface area contributed by atoms with Gasteiger partial charge in [0.25, 0.3) is 11.5 Å². The molecule has 1 aromatic heterocycles. The maximum Gasteiger partial charge on any atom is 0.255 e. The van der Waals surface area contributed by atoms with Gasteiger partial charge in [-0.05, 0) is 67.9 Å². The molecule has 0 radical (unpaired) electrons. The minimum Gasteiger partial charge on any atom is -0.322 e.